The van der Waals surface area contributed by atoms with Crippen LogP contribution in [0.2, 0.25) is 0 Å². The molecule has 2 heterocycles. The van der Waals surface area contributed by atoms with E-state index in [9.17, 15) is 0 Å². The summed E-state index contributed by atoms with van der Waals surface area (Å²) in [6, 6.07) is 4.24. The molecule has 19 heavy (non-hydrogen) atoms. The Morgan fingerprint density at radius 2 is 2.32 bits per heavy atom. The van der Waals surface area contributed by atoms with E-state index in [-0.39, 0.29) is 6.04 Å². The summed E-state index contributed by atoms with van der Waals surface area (Å²) < 4.78 is 5.39. The number of hydrogen-bond acceptors (Lipinski definition) is 5. The molecule has 2 aromatic rings. The Bertz CT molecular complexity index is 566. The Morgan fingerprint density at radius 3 is 3.05 bits per heavy atom. The van der Waals surface area contributed by atoms with Gasteiger partial charge in [0.25, 0.3) is 0 Å². The van der Waals surface area contributed by atoms with E-state index in [1.807, 2.05) is 12.1 Å². The van der Waals surface area contributed by atoms with Gasteiger partial charge >= 0.3 is 0 Å². The molecule has 1 fully saturated rings. The Hall–Kier alpha value is -1.75. The summed E-state index contributed by atoms with van der Waals surface area (Å²) >= 11 is 0. The van der Waals surface area contributed by atoms with Crippen LogP contribution in [-0.2, 0) is 6.42 Å². The second-order valence-electron chi connectivity index (χ2n) is 5.09. The van der Waals surface area contributed by atoms with Crippen molar-refractivity contribution in [3.8, 4) is 11.5 Å². The zero-order valence-corrected chi connectivity index (χ0v) is 11.0. The fraction of sp³-hybridized carbons (Fsp3) is 0.500. The van der Waals surface area contributed by atoms with Crippen LogP contribution in [0, 0.1) is 0 Å². The molecule has 2 unspecified atom stereocenters. The molecule has 0 saturated heterocycles. The monoisotopic (exact) mass is 258 g/mol. The lowest BCUT2D eigenvalue weighted by Crippen LogP contribution is -2.14. The maximum Gasteiger partial charge on any atom is 0.230 e. The molecule has 1 aliphatic rings. The lowest BCUT2D eigenvalue weighted by molar-refractivity contribution is 0.353. The van der Waals surface area contributed by atoms with Gasteiger partial charge in [0, 0.05) is 18.2 Å². The predicted molar refractivity (Wildman–Crippen MR) is 71.5 cm³/mol. The fourth-order valence-corrected chi connectivity index (χ4v) is 2.66. The number of hydrogen-bond donors (Lipinski definition) is 1. The third-order valence-electron chi connectivity index (χ3n) is 3.75. The second kappa shape index (κ2) is 5.09. The lowest BCUT2D eigenvalue weighted by Gasteiger charge is -2.02. The molecule has 0 spiro atoms. The Kier molecular flexibility index (Phi) is 3.29. The van der Waals surface area contributed by atoms with Gasteiger partial charge in [0.15, 0.2) is 0 Å². The maximum atomic E-state index is 5.92. The third-order valence-corrected chi connectivity index (χ3v) is 3.75. The molecule has 0 amide bonds. The second-order valence-corrected chi connectivity index (χ2v) is 5.09. The summed E-state index contributed by atoms with van der Waals surface area (Å²) in [6.45, 7) is 2.09. The summed E-state index contributed by atoms with van der Waals surface area (Å²) in [5, 5.41) is 4.08. The standard InChI is InChI=1S/C14H18N4O/c1-2-9-4-3-7-16-12(9)13-17-14(19-18-13)10-5-6-11(15)8-10/h3-4,7,10-11H,2,5-6,8,15H2,1H3. The maximum absolute atomic E-state index is 5.92. The molecule has 1 aliphatic carbocycles. The van der Waals surface area contributed by atoms with Crippen molar-refractivity contribution in [2.24, 2.45) is 5.73 Å². The normalized spacial score (nSPS) is 22.8. The number of aryl methyl sites for hydroxylation is 1. The van der Waals surface area contributed by atoms with Crippen LogP contribution in [0.5, 0.6) is 0 Å². The van der Waals surface area contributed by atoms with Gasteiger partial charge in [0.1, 0.15) is 5.69 Å². The van der Waals surface area contributed by atoms with E-state index in [0.29, 0.717) is 17.6 Å². The minimum atomic E-state index is 0.265. The third kappa shape index (κ3) is 2.38. The summed E-state index contributed by atoms with van der Waals surface area (Å²) in [5.74, 6) is 1.61. The average Bonchev–Trinajstić information content (AvgIpc) is 3.07. The molecule has 0 radical (unpaired) electrons. The van der Waals surface area contributed by atoms with E-state index >= 15 is 0 Å². The first-order valence-corrected chi connectivity index (χ1v) is 6.81. The summed E-state index contributed by atoms with van der Waals surface area (Å²) in [7, 11) is 0. The summed E-state index contributed by atoms with van der Waals surface area (Å²) in [5.41, 5.74) is 7.88. The van der Waals surface area contributed by atoms with Crippen molar-refractivity contribution >= 4 is 0 Å². The van der Waals surface area contributed by atoms with Crippen molar-refractivity contribution in [3.63, 3.8) is 0 Å². The van der Waals surface area contributed by atoms with Crippen LogP contribution in [0.3, 0.4) is 0 Å². The topological polar surface area (TPSA) is 77.8 Å². The quantitative estimate of drug-likeness (QED) is 0.913. The fourth-order valence-electron chi connectivity index (χ4n) is 2.66. The van der Waals surface area contributed by atoms with Gasteiger partial charge in [-0.15, -0.1) is 0 Å². The van der Waals surface area contributed by atoms with Crippen molar-refractivity contribution in [1.29, 1.82) is 0 Å². The van der Waals surface area contributed by atoms with Gasteiger partial charge in [-0.05, 0) is 37.3 Å². The Morgan fingerprint density at radius 1 is 1.42 bits per heavy atom. The molecule has 2 atom stereocenters. The van der Waals surface area contributed by atoms with E-state index in [2.05, 4.69) is 22.0 Å². The van der Waals surface area contributed by atoms with E-state index < -0.39 is 0 Å². The van der Waals surface area contributed by atoms with Gasteiger partial charge in [0.05, 0.1) is 0 Å². The Labute approximate surface area is 112 Å². The van der Waals surface area contributed by atoms with E-state index in [1.165, 1.54) is 0 Å². The molecule has 0 bridgehead atoms. The van der Waals surface area contributed by atoms with Gasteiger partial charge < -0.3 is 10.3 Å². The molecule has 0 aliphatic heterocycles. The summed E-state index contributed by atoms with van der Waals surface area (Å²) in [4.78, 5) is 8.87. The number of rotatable bonds is 3. The minimum Gasteiger partial charge on any atom is -0.339 e. The SMILES string of the molecule is CCc1cccnc1-c1noc(C2CCC(N)C2)n1. The Balaban J connectivity index is 1.88. The highest BCUT2D eigenvalue weighted by Gasteiger charge is 2.28. The van der Waals surface area contributed by atoms with Crippen molar-refractivity contribution in [3.05, 3.63) is 29.8 Å². The molecule has 5 heteroatoms. The van der Waals surface area contributed by atoms with E-state index in [0.717, 1.165) is 36.9 Å². The highest BCUT2D eigenvalue weighted by Crippen LogP contribution is 2.33. The summed E-state index contributed by atoms with van der Waals surface area (Å²) in [6.07, 6.45) is 5.67. The van der Waals surface area contributed by atoms with Crippen molar-refractivity contribution < 1.29 is 4.52 Å². The highest BCUT2D eigenvalue weighted by molar-refractivity contribution is 5.53. The van der Waals surface area contributed by atoms with Crippen LogP contribution in [-0.4, -0.2) is 21.2 Å². The number of nitrogens with two attached hydrogens (primary N) is 1. The van der Waals surface area contributed by atoms with Crippen LogP contribution in [0.4, 0.5) is 0 Å². The average molecular weight is 258 g/mol. The predicted octanol–water partition coefficient (Wildman–Crippen LogP) is 2.29. The van der Waals surface area contributed by atoms with Crippen molar-refractivity contribution in [2.75, 3.05) is 0 Å². The molecule has 0 aromatic carbocycles. The van der Waals surface area contributed by atoms with Crippen LogP contribution in [0.15, 0.2) is 22.9 Å². The zero-order valence-electron chi connectivity index (χ0n) is 11.0. The molecule has 100 valence electrons. The minimum absolute atomic E-state index is 0.265. The first kappa shape index (κ1) is 12.3. The van der Waals surface area contributed by atoms with Crippen LogP contribution >= 0.6 is 0 Å². The lowest BCUT2D eigenvalue weighted by atomic mass is 10.1. The molecular formula is C14H18N4O. The van der Waals surface area contributed by atoms with Gasteiger partial charge in [-0.1, -0.05) is 18.1 Å². The van der Waals surface area contributed by atoms with E-state index in [1.54, 1.807) is 6.20 Å². The number of aromatic nitrogens is 3. The van der Waals surface area contributed by atoms with Gasteiger partial charge in [-0.3, -0.25) is 4.98 Å². The molecular weight excluding hydrogens is 240 g/mol. The first-order valence-electron chi connectivity index (χ1n) is 6.81. The van der Waals surface area contributed by atoms with Gasteiger partial charge in [-0.2, -0.15) is 4.98 Å². The van der Waals surface area contributed by atoms with Crippen molar-refractivity contribution in [2.45, 2.75) is 44.6 Å². The van der Waals surface area contributed by atoms with Gasteiger partial charge in [-0.25, -0.2) is 0 Å². The number of pyridine rings is 1. The van der Waals surface area contributed by atoms with Crippen LogP contribution in [0.25, 0.3) is 11.5 Å². The molecule has 2 N–H and O–H groups in total. The number of nitrogens with zero attached hydrogens (tertiary/aromatic N) is 3. The first-order chi connectivity index (χ1) is 9.28. The van der Waals surface area contributed by atoms with Crippen LogP contribution in [0.1, 0.15) is 43.6 Å². The molecule has 1 saturated carbocycles. The van der Waals surface area contributed by atoms with E-state index in [4.69, 9.17) is 10.3 Å². The van der Waals surface area contributed by atoms with Crippen LogP contribution < -0.4 is 5.73 Å². The highest BCUT2D eigenvalue weighted by atomic mass is 16.5. The van der Waals surface area contributed by atoms with Crippen molar-refractivity contribution in [1.82, 2.24) is 15.1 Å². The molecule has 5 nitrogen and oxygen atoms in total. The zero-order chi connectivity index (χ0) is 13.2. The molecule has 2 aromatic heterocycles. The smallest absolute Gasteiger partial charge is 0.230 e. The molecule has 3 rings (SSSR count). The van der Waals surface area contributed by atoms with Gasteiger partial charge in [0.2, 0.25) is 11.7 Å². The largest absolute Gasteiger partial charge is 0.339 e.